The maximum Gasteiger partial charge on any atom is 0.132 e. The Morgan fingerprint density at radius 2 is 2.07 bits per heavy atom. The van der Waals surface area contributed by atoms with Crippen molar-refractivity contribution in [1.82, 2.24) is 9.97 Å². The van der Waals surface area contributed by atoms with E-state index in [9.17, 15) is 0 Å². The maximum atomic E-state index is 4.41. The molecule has 1 aliphatic rings. The summed E-state index contributed by atoms with van der Waals surface area (Å²) in [4.78, 5) is 8.68. The van der Waals surface area contributed by atoms with Gasteiger partial charge in [-0.05, 0) is 12.8 Å². The van der Waals surface area contributed by atoms with E-state index in [4.69, 9.17) is 0 Å². The fourth-order valence-electron chi connectivity index (χ4n) is 1.92. The van der Waals surface area contributed by atoms with Crippen LogP contribution in [0.25, 0.3) is 0 Å². The van der Waals surface area contributed by atoms with Crippen molar-refractivity contribution in [3.05, 3.63) is 17.6 Å². The van der Waals surface area contributed by atoms with Gasteiger partial charge in [-0.3, -0.25) is 0 Å². The molecule has 0 fully saturated rings. The summed E-state index contributed by atoms with van der Waals surface area (Å²) in [7, 11) is 0. The van der Waals surface area contributed by atoms with Crippen molar-refractivity contribution in [3.8, 4) is 0 Å². The van der Waals surface area contributed by atoms with Gasteiger partial charge in [-0.1, -0.05) is 20.8 Å². The van der Waals surface area contributed by atoms with Gasteiger partial charge < -0.3 is 5.32 Å². The Morgan fingerprint density at radius 3 is 2.79 bits per heavy atom. The lowest BCUT2D eigenvalue weighted by Gasteiger charge is -2.25. The largest absolute Gasteiger partial charge is 0.370 e. The highest BCUT2D eigenvalue weighted by Gasteiger charge is 2.23. The summed E-state index contributed by atoms with van der Waals surface area (Å²) < 4.78 is 0. The summed E-state index contributed by atoms with van der Waals surface area (Å²) in [6, 6.07) is 0. The Hall–Kier alpha value is -1.12. The third-order valence-corrected chi connectivity index (χ3v) is 2.55. The zero-order valence-electron chi connectivity index (χ0n) is 9.09. The van der Waals surface area contributed by atoms with Crippen LogP contribution in [0.2, 0.25) is 0 Å². The van der Waals surface area contributed by atoms with Crippen LogP contribution in [0.3, 0.4) is 0 Å². The van der Waals surface area contributed by atoms with Crippen LogP contribution < -0.4 is 5.32 Å². The van der Waals surface area contributed by atoms with Gasteiger partial charge >= 0.3 is 0 Å². The van der Waals surface area contributed by atoms with Gasteiger partial charge in [-0.25, -0.2) is 9.97 Å². The predicted molar refractivity (Wildman–Crippen MR) is 57.5 cm³/mol. The van der Waals surface area contributed by atoms with Crippen molar-refractivity contribution in [2.45, 2.75) is 39.0 Å². The molecular weight excluding hydrogens is 174 g/mol. The lowest BCUT2D eigenvalue weighted by molar-refractivity contribution is 0.554. The van der Waals surface area contributed by atoms with Gasteiger partial charge in [0.15, 0.2) is 0 Å². The highest BCUT2D eigenvalue weighted by molar-refractivity contribution is 5.49. The smallest absolute Gasteiger partial charge is 0.132 e. The van der Waals surface area contributed by atoms with Gasteiger partial charge in [-0.2, -0.15) is 0 Å². The van der Waals surface area contributed by atoms with E-state index in [0.717, 1.165) is 18.8 Å². The van der Waals surface area contributed by atoms with Crippen LogP contribution in [0.4, 0.5) is 5.82 Å². The van der Waals surface area contributed by atoms with Crippen molar-refractivity contribution in [3.63, 3.8) is 0 Å². The van der Waals surface area contributed by atoms with Gasteiger partial charge in [0.05, 0.1) is 5.69 Å². The number of nitrogens with one attached hydrogen (secondary N) is 1. The van der Waals surface area contributed by atoms with E-state index in [0.29, 0.717) is 0 Å². The molecule has 0 saturated heterocycles. The molecule has 0 unspecified atom stereocenters. The molecule has 0 radical (unpaired) electrons. The Morgan fingerprint density at radius 1 is 1.29 bits per heavy atom. The molecule has 2 rings (SSSR count). The van der Waals surface area contributed by atoms with Crippen LogP contribution in [0, 0.1) is 0 Å². The second-order valence-corrected chi connectivity index (χ2v) is 4.83. The molecule has 14 heavy (non-hydrogen) atoms. The van der Waals surface area contributed by atoms with E-state index in [2.05, 4.69) is 36.1 Å². The number of hydrogen-bond donors (Lipinski definition) is 1. The molecule has 1 N–H and O–H groups in total. The maximum absolute atomic E-state index is 4.41. The first-order valence-electron chi connectivity index (χ1n) is 5.17. The van der Waals surface area contributed by atoms with Crippen LogP contribution in [0.5, 0.6) is 0 Å². The molecule has 1 aliphatic heterocycles. The fraction of sp³-hybridized carbons (Fsp3) is 0.636. The standard InChI is InChI=1S/C11H17N3/c1-11(2,3)9-8-5-4-6-12-10(8)14-7-13-9/h7H,4-6H2,1-3H3,(H,12,13,14). The van der Waals surface area contributed by atoms with Crippen molar-refractivity contribution >= 4 is 5.82 Å². The highest BCUT2D eigenvalue weighted by Crippen LogP contribution is 2.29. The van der Waals surface area contributed by atoms with E-state index >= 15 is 0 Å². The van der Waals surface area contributed by atoms with Crippen LogP contribution in [0.1, 0.15) is 38.4 Å². The molecule has 3 heteroatoms. The summed E-state index contributed by atoms with van der Waals surface area (Å²) >= 11 is 0. The topological polar surface area (TPSA) is 37.8 Å². The molecule has 1 aromatic rings. The van der Waals surface area contributed by atoms with Crippen molar-refractivity contribution < 1.29 is 0 Å². The Kier molecular flexibility index (Phi) is 2.17. The molecule has 1 aromatic heterocycles. The first-order valence-corrected chi connectivity index (χ1v) is 5.17. The summed E-state index contributed by atoms with van der Waals surface area (Å²) in [5, 5.41) is 3.32. The normalized spacial score (nSPS) is 15.9. The van der Waals surface area contributed by atoms with Gasteiger partial charge in [0.1, 0.15) is 12.1 Å². The molecule has 76 valence electrons. The molecule has 2 heterocycles. The van der Waals surface area contributed by atoms with Gasteiger partial charge in [0.2, 0.25) is 0 Å². The average molecular weight is 191 g/mol. The summed E-state index contributed by atoms with van der Waals surface area (Å²) in [6.07, 6.45) is 3.96. The van der Waals surface area contributed by atoms with E-state index in [1.165, 1.54) is 17.7 Å². The molecular formula is C11H17N3. The van der Waals surface area contributed by atoms with Crippen molar-refractivity contribution in [1.29, 1.82) is 0 Å². The Balaban J connectivity index is 2.51. The molecule has 0 amide bonds. The van der Waals surface area contributed by atoms with Crippen LogP contribution in [0.15, 0.2) is 6.33 Å². The third kappa shape index (κ3) is 1.59. The second-order valence-electron chi connectivity index (χ2n) is 4.83. The average Bonchev–Trinajstić information content (AvgIpc) is 2.15. The third-order valence-electron chi connectivity index (χ3n) is 2.55. The minimum absolute atomic E-state index is 0.117. The number of aromatic nitrogens is 2. The number of nitrogens with zero attached hydrogens (tertiary/aromatic N) is 2. The second kappa shape index (κ2) is 3.23. The molecule has 0 atom stereocenters. The van der Waals surface area contributed by atoms with E-state index in [-0.39, 0.29) is 5.41 Å². The number of hydrogen-bond acceptors (Lipinski definition) is 3. The molecule has 3 nitrogen and oxygen atoms in total. The van der Waals surface area contributed by atoms with Gasteiger partial charge in [-0.15, -0.1) is 0 Å². The Labute approximate surface area is 85.0 Å². The first-order chi connectivity index (χ1) is 6.59. The monoisotopic (exact) mass is 191 g/mol. The summed E-state index contributed by atoms with van der Waals surface area (Å²) in [5.41, 5.74) is 2.62. The van der Waals surface area contributed by atoms with Crippen LogP contribution in [-0.4, -0.2) is 16.5 Å². The SMILES string of the molecule is CC(C)(C)c1ncnc2c1CCCN2. The van der Waals surface area contributed by atoms with Crippen LogP contribution in [-0.2, 0) is 11.8 Å². The van der Waals surface area contributed by atoms with Gasteiger partial charge in [0, 0.05) is 17.5 Å². The zero-order valence-corrected chi connectivity index (χ0v) is 9.09. The van der Waals surface area contributed by atoms with E-state index in [1.807, 2.05) is 0 Å². The van der Waals surface area contributed by atoms with Crippen molar-refractivity contribution in [2.24, 2.45) is 0 Å². The first kappa shape index (κ1) is 9.44. The lowest BCUT2D eigenvalue weighted by Crippen LogP contribution is -2.22. The summed E-state index contributed by atoms with van der Waals surface area (Å²) in [5.74, 6) is 1.04. The molecule has 0 spiro atoms. The van der Waals surface area contributed by atoms with E-state index < -0.39 is 0 Å². The predicted octanol–water partition coefficient (Wildman–Crippen LogP) is 2.13. The minimum atomic E-state index is 0.117. The Bertz CT molecular complexity index is 339. The zero-order chi connectivity index (χ0) is 10.2. The van der Waals surface area contributed by atoms with Gasteiger partial charge in [0.25, 0.3) is 0 Å². The van der Waals surface area contributed by atoms with Crippen molar-refractivity contribution in [2.75, 3.05) is 11.9 Å². The number of fused-ring (bicyclic) bond motifs is 1. The quantitative estimate of drug-likeness (QED) is 0.682. The molecule has 0 aromatic carbocycles. The highest BCUT2D eigenvalue weighted by atomic mass is 15.0. The van der Waals surface area contributed by atoms with E-state index in [1.54, 1.807) is 6.33 Å². The number of anilines is 1. The van der Waals surface area contributed by atoms with Crippen LogP contribution >= 0.6 is 0 Å². The number of rotatable bonds is 0. The molecule has 0 bridgehead atoms. The molecule has 0 aliphatic carbocycles. The minimum Gasteiger partial charge on any atom is -0.370 e. The molecule has 0 saturated carbocycles. The summed E-state index contributed by atoms with van der Waals surface area (Å²) in [6.45, 7) is 7.63. The fourth-order valence-corrected chi connectivity index (χ4v) is 1.92. The lowest BCUT2D eigenvalue weighted by atomic mass is 9.86.